The molecule has 164 valence electrons. The molecule has 9 heteroatoms. The van der Waals surface area contributed by atoms with E-state index in [1.54, 1.807) is 39.1 Å². The molecule has 31 heavy (non-hydrogen) atoms. The van der Waals surface area contributed by atoms with Crippen molar-refractivity contribution in [2.24, 2.45) is 0 Å². The Hall–Kier alpha value is -2.75. The second kappa shape index (κ2) is 8.78. The molecule has 1 amide bonds. The summed E-state index contributed by atoms with van der Waals surface area (Å²) in [4.78, 5) is 16.8. The van der Waals surface area contributed by atoms with E-state index in [1.165, 1.54) is 24.3 Å². The second-order valence-electron chi connectivity index (χ2n) is 8.10. The predicted molar refractivity (Wildman–Crippen MR) is 127 cm³/mol. The van der Waals surface area contributed by atoms with Crippen molar-refractivity contribution in [3.05, 3.63) is 48.7 Å². The van der Waals surface area contributed by atoms with Crippen molar-refractivity contribution in [3.63, 3.8) is 0 Å². The van der Waals surface area contributed by atoms with Gasteiger partial charge in [0.05, 0.1) is 9.77 Å². The molecule has 7 nitrogen and oxygen atoms in total. The molecule has 0 radical (unpaired) electrons. The standard InChI is InChI=1S/C22H26N4O3S2/c1-14(27)25-17-10-11-18(20(12-17)31(28,29)26-22(2,3)4)19-13-24-21(30-19)15-6-8-16(23-5)9-7-15/h6-13,23,26H,1-5H3,(H,25,27). The Labute approximate surface area is 187 Å². The fraction of sp³-hybridized carbons (Fsp3) is 0.273. The molecule has 3 N–H and O–H groups in total. The van der Waals surface area contributed by atoms with Gasteiger partial charge in [-0.05, 0) is 57.2 Å². The number of benzene rings is 2. The Kier molecular flexibility index (Phi) is 6.49. The zero-order chi connectivity index (χ0) is 22.8. The summed E-state index contributed by atoms with van der Waals surface area (Å²) in [7, 11) is -1.99. The lowest BCUT2D eigenvalue weighted by Gasteiger charge is -2.22. The third-order valence-corrected chi connectivity index (χ3v) is 7.10. The molecular weight excluding hydrogens is 432 g/mol. The van der Waals surface area contributed by atoms with Crippen LogP contribution in [0, 0.1) is 0 Å². The van der Waals surface area contributed by atoms with Gasteiger partial charge in [-0.15, -0.1) is 11.3 Å². The summed E-state index contributed by atoms with van der Waals surface area (Å²) in [5, 5.41) is 6.52. The molecule has 0 aliphatic rings. The van der Waals surface area contributed by atoms with Gasteiger partial charge in [-0.25, -0.2) is 18.1 Å². The van der Waals surface area contributed by atoms with Crippen molar-refractivity contribution in [2.45, 2.75) is 38.1 Å². The summed E-state index contributed by atoms with van der Waals surface area (Å²) in [5.74, 6) is -0.273. The van der Waals surface area contributed by atoms with Gasteiger partial charge in [0, 0.05) is 48.2 Å². The summed E-state index contributed by atoms with van der Waals surface area (Å²) in [5.41, 5.74) is 2.23. The van der Waals surface area contributed by atoms with Crippen molar-refractivity contribution < 1.29 is 13.2 Å². The molecule has 0 saturated carbocycles. The molecule has 0 atom stereocenters. The number of thiazole rings is 1. The van der Waals surface area contributed by atoms with Crippen LogP contribution in [0.15, 0.2) is 53.6 Å². The fourth-order valence-corrected chi connectivity index (χ4v) is 5.69. The van der Waals surface area contributed by atoms with E-state index in [4.69, 9.17) is 0 Å². The highest BCUT2D eigenvalue weighted by Crippen LogP contribution is 2.37. The average Bonchev–Trinajstić information content (AvgIpc) is 3.16. The number of nitrogens with zero attached hydrogens (tertiary/aromatic N) is 1. The highest BCUT2D eigenvalue weighted by molar-refractivity contribution is 7.89. The number of rotatable bonds is 6. The van der Waals surface area contributed by atoms with E-state index in [-0.39, 0.29) is 10.8 Å². The summed E-state index contributed by atoms with van der Waals surface area (Å²) < 4.78 is 29.1. The van der Waals surface area contributed by atoms with Crippen LogP contribution in [0.2, 0.25) is 0 Å². The minimum absolute atomic E-state index is 0.0920. The van der Waals surface area contributed by atoms with Crippen LogP contribution in [-0.4, -0.2) is 31.9 Å². The topological polar surface area (TPSA) is 100 Å². The van der Waals surface area contributed by atoms with Crippen LogP contribution in [0.1, 0.15) is 27.7 Å². The van der Waals surface area contributed by atoms with Crippen LogP contribution in [0.3, 0.4) is 0 Å². The SMILES string of the molecule is CNc1ccc(-c2ncc(-c3ccc(NC(C)=O)cc3S(=O)(=O)NC(C)(C)C)s2)cc1. The minimum Gasteiger partial charge on any atom is -0.388 e. The third-order valence-electron chi connectivity index (χ3n) is 4.22. The molecule has 0 bridgehead atoms. The van der Waals surface area contributed by atoms with Crippen LogP contribution in [0.4, 0.5) is 11.4 Å². The summed E-state index contributed by atoms with van der Waals surface area (Å²) >= 11 is 1.41. The maximum absolute atomic E-state index is 13.2. The van der Waals surface area contributed by atoms with E-state index in [1.807, 2.05) is 31.3 Å². The Balaban J connectivity index is 2.08. The van der Waals surface area contributed by atoms with E-state index in [2.05, 4.69) is 20.3 Å². The van der Waals surface area contributed by atoms with Crippen LogP contribution in [-0.2, 0) is 14.8 Å². The van der Waals surface area contributed by atoms with Crippen molar-refractivity contribution in [1.82, 2.24) is 9.71 Å². The van der Waals surface area contributed by atoms with Gasteiger partial charge in [-0.2, -0.15) is 0 Å². The Morgan fingerprint density at radius 2 is 1.68 bits per heavy atom. The molecule has 0 saturated heterocycles. The van der Waals surface area contributed by atoms with Crippen molar-refractivity contribution >= 4 is 38.6 Å². The van der Waals surface area contributed by atoms with Crippen LogP contribution in [0.5, 0.6) is 0 Å². The first kappa shape index (κ1) is 22.9. The molecule has 0 fully saturated rings. The number of carbonyl (C=O) groups is 1. The minimum atomic E-state index is -3.85. The van der Waals surface area contributed by atoms with Gasteiger partial charge in [0.25, 0.3) is 0 Å². The number of amides is 1. The van der Waals surface area contributed by atoms with Gasteiger partial charge in [0.1, 0.15) is 5.01 Å². The van der Waals surface area contributed by atoms with Gasteiger partial charge >= 0.3 is 0 Å². The number of carbonyl (C=O) groups excluding carboxylic acids is 1. The number of nitrogens with one attached hydrogen (secondary N) is 3. The molecule has 1 heterocycles. The van der Waals surface area contributed by atoms with Crippen molar-refractivity contribution in [2.75, 3.05) is 17.7 Å². The smallest absolute Gasteiger partial charge is 0.241 e. The zero-order valence-electron chi connectivity index (χ0n) is 18.1. The molecule has 0 aliphatic carbocycles. The van der Waals surface area contributed by atoms with Crippen molar-refractivity contribution in [3.8, 4) is 21.0 Å². The van der Waals surface area contributed by atoms with E-state index >= 15 is 0 Å². The summed E-state index contributed by atoms with van der Waals surface area (Å²) in [6.45, 7) is 6.72. The van der Waals surface area contributed by atoms with E-state index in [9.17, 15) is 13.2 Å². The monoisotopic (exact) mass is 458 g/mol. The lowest BCUT2D eigenvalue weighted by Crippen LogP contribution is -2.40. The number of anilines is 2. The number of aromatic nitrogens is 1. The summed E-state index contributed by atoms with van der Waals surface area (Å²) in [6.07, 6.45) is 1.68. The second-order valence-corrected chi connectivity index (χ2v) is 10.8. The molecule has 3 aromatic rings. The Morgan fingerprint density at radius 1 is 1.03 bits per heavy atom. The Morgan fingerprint density at radius 3 is 2.26 bits per heavy atom. The normalized spacial score (nSPS) is 11.9. The van der Waals surface area contributed by atoms with Gasteiger partial charge < -0.3 is 10.6 Å². The van der Waals surface area contributed by atoms with Gasteiger partial charge in [-0.1, -0.05) is 6.07 Å². The lowest BCUT2D eigenvalue weighted by atomic mass is 10.1. The lowest BCUT2D eigenvalue weighted by molar-refractivity contribution is -0.114. The maximum Gasteiger partial charge on any atom is 0.241 e. The quantitative estimate of drug-likeness (QED) is 0.503. The molecular formula is C22H26N4O3S2. The molecule has 0 unspecified atom stereocenters. The highest BCUT2D eigenvalue weighted by atomic mass is 32.2. The van der Waals surface area contributed by atoms with Crippen molar-refractivity contribution in [1.29, 1.82) is 0 Å². The molecule has 2 aromatic carbocycles. The number of hydrogen-bond donors (Lipinski definition) is 3. The first-order valence-electron chi connectivity index (χ1n) is 9.68. The third kappa shape index (κ3) is 5.69. The molecule has 3 rings (SSSR count). The number of hydrogen-bond acceptors (Lipinski definition) is 6. The molecule has 1 aromatic heterocycles. The van der Waals surface area contributed by atoms with Gasteiger partial charge in [-0.3, -0.25) is 4.79 Å². The first-order chi connectivity index (χ1) is 14.5. The fourth-order valence-electron chi connectivity index (χ4n) is 3.00. The van der Waals surface area contributed by atoms with Crippen LogP contribution in [0.25, 0.3) is 21.0 Å². The van der Waals surface area contributed by atoms with Gasteiger partial charge in [0.2, 0.25) is 15.9 Å². The highest BCUT2D eigenvalue weighted by Gasteiger charge is 2.26. The predicted octanol–water partition coefficient (Wildman–Crippen LogP) is 4.55. The largest absolute Gasteiger partial charge is 0.388 e. The number of sulfonamides is 1. The average molecular weight is 459 g/mol. The van der Waals surface area contributed by atoms with Crippen LogP contribution < -0.4 is 15.4 Å². The zero-order valence-corrected chi connectivity index (χ0v) is 19.7. The Bertz CT molecular complexity index is 1190. The molecule has 0 spiro atoms. The molecule has 0 aliphatic heterocycles. The van der Waals surface area contributed by atoms with Crippen LogP contribution >= 0.6 is 11.3 Å². The summed E-state index contributed by atoms with van der Waals surface area (Å²) in [6, 6.07) is 12.7. The van der Waals surface area contributed by atoms with E-state index in [0.29, 0.717) is 11.3 Å². The maximum atomic E-state index is 13.2. The van der Waals surface area contributed by atoms with E-state index < -0.39 is 15.6 Å². The first-order valence-corrected chi connectivity index (χ1v) is 12.0. The van der Waals surface area contributed by atoms with Gasteiger partial charge in [0.15, 0.2) is 0 Å². The van der Waals surface area contributed by atoms with E-state index in [0.717, 1.165) is 21.1 Å².